The van der Waals surface area contributed by atoms with Gasteiger partial charge < -0.3 is 0 Å². The van der Waals surface area contributed by atoms with Crippen molar-refractivity contribution in [2.24, 2.45) is 23.7 Å². The zero-order valence-electron chi connectivity index (χ0n) is 9.46. The van der Waals surface area contributed by atoms with Crippen LogP contribution in [0.1, 0.15) is 52.4 Å². The highest BCUT2D eigenvalue weighted by molar-refractivity contribution is 5.78. The summed E-state index contributed by atoms with van der Waals surface area (Å²) < 4.78 is 0. The van der Waals surface area contributed by atoms with Crippen molar-refractivity contribution in [1.29, 1.82) is 0 Å². The second-order valence-electron chi connectivity index (χ2n) is 5.39. The molecule has 2 bridgehead atoms. The van der Waals surface area contributed by atoms with Crippen LogP contribution in [-0.2, 0) is 4.79 Å². The first-order chi connectivity index (χ1) is 6.70. The lowest BCUT2D eigenvalue weighted by atomic mass is 9.80. The third-order valence-electron chi connectivity index (χ3n) is 4.54. The summed E-state index contributed by atoms with van der Waals surface area (Å²) in [6, 6.07) is 0. The second kappa shape index (κ2) is 4.04. The second-order valence-corrected chi connectivity index (χ2v) is 5.39. The van der Waals surface area contributed by atoms with E-state index >= 15 is 0 Å². The maximum atomic E-state index is 11.4. The molecule has 0 saturated heterocycles. The highest BCUT2D eigenvalue weighted by Gasteiger charge is 2.40. The first-order valence-electron chi connectivity index (χ1n) is 6.21. The van der Waals surface area contributed by atoms with Crippen molar-refractivity contribution in [2.75, 3.05) is 0 Å². The average molecular weight is 194 g/mol. The topological polar surface area (TPSA) is 17.1 Å². The summed E-state index contributed by atoms with van der Waals surface area (Å²) in [6.07, 6.45) is 8.05. The van der Waals surface area contributed by atoms with E-state index < -0.39 is 0 Å². The third-order valence-corrected chi connectivity index (χ3v) is 4.54. The molecule has 80 valence electrons. The number of rotatable bonds is 4. The van der Waals surface area contributed by atoms with E-state index in [2.05, 4.69) is 6.92 Å². The quantitative estimate of drug-likeness (QED) is 0.670. The molecule has 2 saturated carbocycles. The summed E-state index contributed by atoms with van der Waals surface area (Å²) >= 11 is 0. The van der Waals surface area contributed by atoms with Crippen molar-refractivity contribution in [1.82, 2.24) is 0 Å². The van der Waals surface area contributed by atoms with E-state index in [1.807, 2.05) is 0 Å². The van der Waals surface area contributed by atoms with Crippen molar-refractivity contribution < 1.29 is 4.79 Å². The van der Waals surface area contributed by atoms with Crippen LogP contribution in [0.2, 0.25) is 0 Å². The summed E-state index contributed by atoms with van der Waals surface area (Å²) in [5.41, 5.74) is 0. The van der Waals surface area contributed by atoms with Crippen LogP contribution in [0.5, 0.6) is 0 Å². The largest absolute Gasteiger partial charge is 0.300 e. The van der Waals surface area contributed by atoms with Crippen LogP contribution in [0.25, 0.3) is 0 Å². The van der Waals surface area contributed by atoms with Crippen molar-refractivity contribution in [3.05, 3.63) is 0 Å². The molecule has 0 heterocycles. The number of carbonyl (C=O) groups is 1. The minimum atomic E-state index is 0.361. The van der Waals surface area contributed by atoms with Gasteiger partial charge in [0.1, 0.15) is 5.78 Å². The number of fused-ring (bicyclic) bond motifs is 2. The van der Waals surface area contributed by atoms with Gasteiger partial charge in [-0.2, -0.15) is 0 Å². The molecule has 0 aromatic carbocycles. The molecule has 0 radical (unpaired) electrons. The van der Waals surface area contributed by atoms with Gasteiger partial charge in [0.05, 0.1) is 0 Å². The van der Waals surface area contributed by atoms with Crippen LogP contribution < -0.4 is 0 Å². The molecule has 0 amide bonds. The van der Waals surface area contributed by atoms with E-state index in [0.29, 0.717) is 11.7 Å². The predicted octanol–water partition coefficient (Wildman–Crippen LogP) is 3.43. The molecule has 0 aromatic heterocycles. The summed E-state index contributed by atoms with van der Waals surface area (Å²) in [6.45, 7) is 3.92. The van der Waals surface area contributed by atoms with Crippen LogP contribution in [0.4, 0.5) is 0 Å². The lowest BCUT2D eigenvalue weighted by molar-refractivity contribution is -0.121. The lowest BCUT2D eigenvalue weighted by Crippen LogP contribution is -2.19. The first-order valence-corrected chi connectivity index (χ1v) is 6.21. The smallest absolute Gasteiger partial charge is 0.132 e. The van der Waals surface area contributed by atoms with Crippen molar-refractivity contribution >= 4 is 5.78 Å². The SMILES string of the molecule is CCC(CC1CC2CCC1C2)C(C)=O. The Bertz CT molecular complexity index is 221. The van der Waals surface area contributed by atoms with Gasteiger partial charge in [-0.25, -0.2) is 0 Å². The fourth-order valence-corrected chi connectivity index (χ4v) is 3.65. The van der Waals surface area contributed by atoms with Gasteiger partial charge in [0.15, 0.2) is 0 Å². The molecular formula is C13H22O. The molecule has 4 unspecified atom stereocenters. The van der Waals surface area contributed by atoms with E-state index in [-0.39, 0.29) is 0 Å². The Hall–Kier alpha value is -0.330. The molecule has 0 aliphatic heterocycles. The summed E-state index contributed by atoms with van der Waals surface area (Å²) in [7, 11) is 0. The van der Waals surface area contributed by atoms with Gasteiger partial charge in [0, 0.05) is 5.92 Å². The highest BCUT2D eigenvalue weighted by atomic mass is 16.1. The average Bonchev–Trinajstić information content (AvgIpc) is 2.74. The third kappa shape index (κ3) is 1.87. The Morgan fingerprint density at radius 2 is 2.14 bits per heavy atom. The van der Waals surface area contributed by atoms with Crippen molar-refractivity contribution in [3.8, 4) is 0 Å². The maximum Gasteiger partial charge on any atom is 0.132 e. The van der Waals surface area contributed by atoms with Crippen LogP contribution in [0.15, 0.2) is 0 Å². The van der Waals surface area contributed by atoms with Gasteiger partial charge in [0.25, 0.3) is 0 Å². The fourth-order valence-electron chi connectivity index (χ4n) is 3.65. The van der Waals surface area contributed by atoms with Crippen molar-refractivity contribution in [2.45, 2.75) is 52.4 Å². The summed E-state index contributed by atoms with van der Waals surface area (Å²) in [4.78, 5) is 11.4. The van der Waals surface area contributed by atoms with Gasteiger partial charge in [0.2, 0.25) is 0 Å². The monoisotopic (exact) mass is 194 g/mol. The van der Waals surface area contributed by atoms with E-state index in [0.717, 1.165) is 24.2 Å². The normalized spacial score (nSPS) is 37.4. The first kappa shape index (κ1) is 10.2. The molecule has 1 nitrogen and oxygen atoms in total. The molecule has 0 spiro atoms. The molecule has 14 heavy (non-hydrogen) atoms. The van der Waals surface area contributed by atoms with E-state index in [1.165, 1.54) is 32.1 Å². The molecule has 2 fully saturated rings. The Kier molecular flexibility index (Phi) is 2.94. The number of ketones is 1. The van der Waals surface area contributed by atoms with Gasteiger partial charge in [-0.15, -0.1) is 0 Å². The molecule has 2 aliphatic rings. The molecular weight excluding hydrogens is 172 g/mol. The molecule has 0 N–H and O–H groups in total. The summed E-state index contributed by atoms with van der Waals surface area (Å²) in [5.74, 6) is 3.67. The Morgan fingerprint density at radius 1 is 1.36 bits per heavy atom. The van der Waals surface area contributed by atoms with Gasteiger partial charge in [-0.05, 0) is 56.8 Å². The van der Waals surface area contributed by atoms with Gasteiger partial charge in [-0.1, -0.05) is 13.3 Å². The Balaban J connectivity index is 1.88. The van der Waals surface area contributed by atoms with Crippen LogP contribution in [-0.4, -0.2) is 5.78 Å². The highest BCUT2D eigenvalue weighted by Crippen LogP contribution is 2.50. The molecule has 4 atom stereocenters. The fraction of sp³-hybridized carbons (Fsp3) is 0.923. The number of hydrogen-bond acceptors (Lipinski definition) is 1. The minimum absolute atomic E-state index is 0.361. The number of hydrogen-bond donors (Lipinski definition) is 0. The zero-order valence-corrected chi connectivity index (χ0v) is 9.46. The van der Waals surface area contributed by atoms with E-state index in [4.69, 9.17) is 0 Å². The Labute approximate surface area is 87.3 Å². The molecule has 1 heteroatoms. The van der Waals surface area contributed by atoms with Crippen LogP contribution in [0, 0.1) is 23.7 Å². The Morgan fingerprint density at radius 3 is 2.57 bits per heavy atom. The molecule has 2 rings (SSSR count). The molecule has 0 aromatic rings. The minimum Gasteiger partial charge on any atom is -0.300 e. The summed E-state index contributed by atoms with van der Waals surface area (Å²) in [5, 5.41) is 0. The zero-order chi connectivity index (χ0) is 10.1. The molecule has 2 aliphatic carbocycles. The standard InChI is InChI=1S/C13H22O/c1-3-11(9(2)14)8-13-7-10-4-5-12(13)6-10/h10-13H,3-8H2,1-2H3. The van der Waals surface area contributed by atoms with Crippen LogP contribution in [0.3, 0.4) is 0 Å². The van der Waals surface area contributed by atoms with Gasteiger partial charge in [-0.3, -0.25) is 4.79 Å². The van der Waals surface area contributed by atoms with Crippen molar-refractivity contribution in [3.63, 3.8) is 0 Å². The van der Waals surface area contributed by atoms with E-state index in [1.54, 1.807) is 6.92 Å². The van der Waals surface area contributed by atoms with Crippen LogP contribution >= 0.6 is 0 Å². The van der Waals surface area contributed by atoms with E-state index in [9.17, 15) is 4.79 Å². The predicted molar refractivity (Wildman–Crippen MR) is 58.0 cm³/mol. The maximum absolute atomic E-state index is 11.4. The number of Topliss-reactive ketones (excluding diaryl/α,β-unsaturated/α-hetero) is 1. The lowest BCUT2D eigenvalue weighted by Gasteiger charge is -2.24. The number of carbonyl (C=O) groups excluding carboxylic acids is 1. The van der Waals surface area contributed by atoms with Gasteiger partial charge >= 0.3 is 0 Å².